The number of amides is 1. The minimum Gasteiger partial charge on any atom is -0.379 e. The van der Waals surface area contributed by atoms with Gasteiger partial charge in [-0.3, -0.25) is 4.79 Å². The predicted molar refractivity (Wildman–Crippen MR) is 81.0 cm³/mol. The van der Waals surface area contributed by atoms with Crippen molar-refractivity contribution in [2.45, 2.75) is 27.2 Å². The molecule has 0 aliphatic rings. The van der Waals surface area contributed by atoms with Crippen LogP contribution in [-0.2, 0) is 4.74 Å². The highest BCUT2D eigenvalue weighted by atomic mass is 16.5. The van der Waals surface area contributed by atoms with Crippen molar-refractivity contribution >= 4 is 11.7 Å². The molecule has 2 N–H and O–H groups in total. The van der Waals surface area contributed by atoms with E-state index in [0.29, 0.717) is 24.6 Å². The fourth-order valence-electron chi connectivity index (χ4n) is 1.58. The maximum Gasteiger partial charge on any atom is 0.251 e. The van der Waals surface area contributed by atoms with E-state index in [9.17, 15) is 4.79 Å². The van der Waals surface area contributed by atoms with Crippen molar-refractivity contribution in [3.8, 4) is 0 Å². The first-order valence-electron chi connectivity index (χ1n) is 7.19. The Morgan fingerprint density at radius 2 is 2.20 bits per heavy atom. The predicted octanol–water partition coefficient (Wildman–Crippen LogP) is 2.31. The molecule has 20 heavy (non-hydrogen) atoms. The van der Waals surface area contributed by atoms with Gasteiger partial charge in [-0.2, -0.15) is 0 Å². The second-order valence-corrected chi connectivity index (χ2v) is 5.08. The monoisotopic (exact) mass is 279 g/mol. The molecule has 5 nitrogen and oxygen atoms in total. The normalized spacial score (nSPS) is 10.6. The Morgan fingerprint density at radius 3 is 2.90 bits per heavy atom. The molecule has 0 spiro atoms. The van der Waals surface area contributed by atoms with Crippen LogP contribution in [0.3, 0.4) is 0 Å². The van der Waals surface area contributed by atoms with E-state index >= 15 is 0 Å². The number of pyridine rings is 1. The first-order valence-corrected chi connectivity index (χ1v) is 7.19. The molecule has 1 aromatic rings. The van der Waals surface area contributed by atoms with Crippen LogP contribution >= 0.6 is 0 Å². The number of rotatable bonds is 9. The molecule has 0 fully saturated rings. The van der Waals surface area contributed by atoms with Crippen LogP contribution in [-0.4, -0.2) is 37.2 Å². The van der Waals surface area contributed by atoms with Crippen LogP contribution in [0.15, 0.2) is 18.3 Å². The molecule has 0 aliphatic heterocycles. The topological polar surface area (TPSA) is 63.2 Å². The largest absolute Gasteiger partial charge is 0.379 e. The van der Waals surface area contributed by atoms with Crippen LogP contribution in [0, 0.1) is 5.92 Å². The summed E-state index contributed by atoms with van der Waals surface area (Å²) in [6.07, 6.45) is 2.66. The number of carbonyl (C=O) groups is 1. The summed E-state index contributed by atoms with van der Waals surface area (Å²) in [5.41, 5.74) is 0.613. The van der Waals surface area contributed by atoms with Crippen molar-refractivity contribution in [3.63, 3.8) is 0 Å². The summed E-state index contributed by atoms with van der Waals surface area (Å²) >= 11 is 0. The van der Waals surface area contributed by atoms with Crippen molar-refractivity contribution in [2.24, 2.45) is 5.92 Å². The van der Waals surface area contributed by atoms with Crippen molar-refractivity contribution < 1.29 is 9.53 Å². The molecule has 1 heterocycles. The van der Waals surface area contributed by atoms with Gasteiger partial charge in [0.1, 0.15) is 5.82 Å². The van der Waals surface area contributed by atoms with Gasteiger partial charge in [0.15, 0.2) is 0 Å². The maximum atomic E-state index is 11.9. The van der Waals surface area contributed by atoms with E-state index < -0.39 is 0 Å². The minimum absolute atomic E-state index is 0.0971. The van der Waals surface area contributed by atoms with E-state index in [0.717, 1.165) is 25.4 Å². The molecule has 0 aliphatic carbocycles. The molecule has 0 aromatic carbocycles. The summed E-state index contributed by atoms with van der Waals surface area (Å²) in [6, 6.07) is 3.47. The Balaban J connectivity index is 2.35. The van der Waals surface area contributed by atoms with Crippen molar-refractivity contribution in [2.75, 3.05) is 31.6 Å². The average molecular weight is 279 g/mol. The van der Waals surface area contributed by atoms with Gasteiger partial charge in [-0.25, -0.2) is 4.98 Å². The molecule has 0 atom stereocenters. The highest BCUT2D eigenvalue weighted by Crippen LogP contribution is 2.06. The average Bonchev–Trinajstić information content (AvgIpc) is 2.44. The Kier molecular flexibility index (Phi) is 7.65. The number of carbonyl (C=O) groups excluding carboxylic acids is 1. The first-order chi connectivity index (χ1) is 9.63. The molecule has 112 valence electrons. The molecule has 1 amide bonds. The molecule has 0 saturated heterocycles. The fourth-order valence-corrected chi connectivity index (χ4v) is 1.58. The van der Waals surface area contributed by atoms with Crippen LogP contribution in [0.2, 0.25) is 0 Å². The second-order valence-electron chi connectivity index (χ2n) is 5.08. The molecular formula is C15H25N3O2. The van der Waals surface area contributed by atoms with Gasteiger partial charge in [-0.05, 0) is 24.5 Å². The quantitative estimate of drug-likeness (QED) is 0.681. The van der Waals surface area contributed by atoms with E-state index in [1.165, 1.54) is 0 Å². The second kappa shape index (κ2) is 9.31. The lowest BCUT2D eigenvalue weighted by atomic mass is 10.2. The Hall–Kier alpha value is -1.62. The summed E-state index contributed by atoms with van der Waals surface area (Å²) in [7, 11) is 0. The number of ether oxygens (including phenoxy) is 1. The summed E-state index contributed by atoms with van der Waals surface area (Å²) in [5, 5.41) is 6.00. The van der Waals surface area contributed by atoms with E-state index in [1.807, 2.05) is 0 Å². The van der Waals surface area contributed by atoms with Crippen LogP contribution in [0.25, 0.3) is 0 Å². The third-order valence-electron chi connectivity index (χ3n) is 2.56. The zero-order chi connectivity index (χ0) is 14.8. The van der Waals surface area contributed by atoms with Crippen LogP contribution in [0.1, 0.15) is 37.6 Å². The fraction of sp³-hybridized carbons (Fsp3) is 0.600. The Labute approximate surface area is 121 Å². The third kappa shape index (κ3) is 6.52. The van der Waals surface area contributed by atoms with Gasteiger partial charge in [0, 0.05) is 31.5 Å². The zero-order valence-electron chi connectivity index (χ0n) is 12.6. The van der Waals surface area contributed by atoms with Gasteiger partial charge in [0.05, 0.1) is 6.61 Å². The first kappa shape index (κ1) is 16.4. The van der Waals surface area contributed by atoms with Gasteiger partial charge in [0.25, 0.3) is 5.91 Å². The molecule has 1 aromatic heterocycles. The number of hydrogen-bond donors (Lipinski definition) is 2. The lowest BCUT2D eigenvalue weighted by Crippen LogP contribution is -2.27. The Morgan fingerprint density at radius 1 is 1.40 bits per heavy atom. The smallest absolute Gasteiger partial charge is 0.251 e. The van der Waals surface area contributed by atoms with Crippen molar-refractivity contribution in [1.82, 2.24) is 10.3 Å². The highest BCUT2D eigenvalue weighted by molar-refractivity contribution is 5.94. The summed E-state index contributed by atoms with van der Waals surface area (Å²) in [5.74, 6) is 1.15. The molecule has 1 rings (SSSR count). The number of aromatic nitrogens is 1. The van der Waals surface area contributed by atoms with Crippen LogP contribution < -0.4 is 10.6 Å². The summed E-state index contributed by atoms with van der Waals surface area (Å²) in [4.78, 5) is 16.1. The molecule has 0 unspecified atom stereocenters. The van der Waals surface area contributed by atoms with Gasteiger partial charge in [0.2, 0.25) is 0 Å². The molecule has 5 heteroatoms. The van der Waals surface area contributed by atoms with Crippen LogP contribution in [0.5, 0.6) is 0 Å². The van der Waals surface area contributed by atoms with E-state index in [-0.39, 0.29) is 5.91 Å². The minimum atomic E-state index is -0.0971. The van der Waals surface area contributed by atoms with Crippen molar-refractivity contribution in [1.29, 1.82) is 0 Å². The summed E-state index contributed by atoms with van der Waals surface area (Å²) < 4.78 is 5.42. The lowest BCUT2D eigenvalue weighted by molar-refractivity contribution is 0.0886. The van der Waals surface area contributed by atoms with Gasteiger partial charge in [-0.1, -0.05) is 20.8 Å². The number of nitrogens with zero attached hydrogens (tertiary/aromatic N) is 1. The number of hydrogen-bond acceptors (Lipinski definition) is 4. The number of nitrogens with one attached hydrogen (secondary N) is 2. The van der Waals surface area contributed by atoms with Gasteiger partial charge >= 0.3 is 0 Å². The SMILES string of the molecule is CCCNc1cc(C(=O)NCCOCC(C)C)ccn1. The van der Waals surface area contributed by atoms with Gasteiger partial charge < -0.3 is 15.4 Å². The highest BCUT2D eigenvalue weighted by Gasteiger charge is 2.06. The van der Waals surface area contributed by atoms with Gasteiger partial charge in [-0.15, -0.1) is 0 Å². The van der Waals surface area contributed by atoms with Crippen LogP contribution in [0.4, 0.5) is 5.82 Å². The molecular weight excluding hydrogens is 254 g/mol. The molecule has 0 radical (unpaired) electrons. The standard InChI is InChI=1S/C15H25N3O2/c1-4-6-16-14-10-13(5-7-17-14)15(19)18-8-9-20-11-12(2)3/h5,7,10,12H,4,6,8-9,11H2,1-3H3,(H,16,17)(H,18,19). The van der Waals surface area contributed by atoms with E-state index in [4.69, 9.17) is 4.74 Å². The summed E-state index contributed by atoms with van der Waals surface area (Å²) in [6.45, 7) is 8.90. The van der Waals surface area contributed by atoms with E-state index in [2.05, 4.69) is 36.4 Å². The molecule has 0 saturated carbocycles. The zero-order valence-corrected chi connectivity index (χ0v) is 12.6. The lowest BCUT2D eigenvalue weighted by Gasteiger charge is -2.09. The molecule has 0 bridgehead atoms. The van der Waals surface area contributed by atoms with Crippen molar-refractivity contribution in [3.05, 3.63) is 23.9 Å². The Bertz CT molecular complexity index is 408. The maximum absolute atomic E-state index is 11.9. The number of anilines is 1. The van der Waals surface area contributed by atoms with E-state index in [1.54, 1.807) is 18.3 Å². The third-order valence-corrected chi connectivity index (χ3v) is 2.56.